The van der Waals surface area contributed by atoms with Gasteiger partial charge in [0.25, 0.3) is 0 Å². The summed E-state index contributed by atoms with van der Waals surface area (Å²) in [4.78, 5) is 37.1. The number of carbonyl (C=O) groups excluding carboxylic acids is 2. The summed E-state index contributed by atoms with van der Waals surface area (Å²) in [6, 6.07) is 10.9. The van der Waals surface area contributed by atoms with Crippen molar-refractivity contribution >= 4 is 60.6 Å². The van der Waals surface area contributed by atoms with Gasteiger partial charge < -0.3 is 20.7 Å². The molecule has 0 amide bonds. The summed E-state index contributed by atoms with van der Waals surface area (Å²) in [7, 11) is -5.14. The molecule has 12 heteroatoms. The van der Waals surface area contributed by atoms with Gasteiger partial charge in [-0.1, -0.05) is 40.2 Å². The minimum Gasteiger partial charge on any atom is -0.744 e. The molecule has 0 heterocycles. The van der Waals surface area contributed by atoms with Gasteiger partial charge in [0, 0.05) is 15.6 Å². The number of nitrogens with one attached hydrogen (secondary N) is 1. The van der Waals surface area contributed by atoms with Crippen LogP contribution in [0, 0.1) is 0 Å². The van der Waals surface area contributed by atoms with Crippen LogP contribution in [-0.4, -0.2) is 35.6 Å². The van der Waals surface area contributed by atoms with Gasteiger partial charge in [0.1, 0.15) is 10.1 Å². The SMILES string of the molecule is Nc1c(S(=O)(=O)[O-])cc(Nc2ccc(Br)cc2C(=O)O)c2c1C(=O)c1ccccc1C2=O.[Na+]. The van der Waals surface area contributed by atoms with E-state index in [1.165, 1.54) is 36.4 Å². The molecule has 162 valence electrons. The number of hydrogen-bond acceptors (Lipinski definition) is 8. The Hall–Kier alpha value is -2.54. The van der Waals surface area contributed by atoms with Crippen molar-refractivity contribution in [1.82, 2.24) is 0 Å². The van der Waals surface area contributed by atoms with Crippen molar-refractivity contribution in [2.24, 2.45) is 0 Å². The molecule has 3 aromatic carbocycles. The largest absolute Gasteiger partial charge is 1.00 e. The van der Waals surface area contributed by atoms with E-state index in [2.05, 4.69) is 21.2 Å². The first-order valence-electron chi connectivity index (χ1n) is 8.91. The summed E-state index contributed by atoms with van der Waals surface area (Å²) in [5, 5.41) is 12.2. The summed E-state index contributed by atoms with van der Waals surface area (Å²) in [5.41, 5.74) is 4.21. The second-order valence-electron chi connectivity index (χ2n) is 6.86. The van der Waals surface area contributed by atoms with E-state index in [1.54, 1.807) is 6.07 Å². The predicted octanol–water partition coefficient (Wildman–Crippen LogP) is 0.157. The van der Waals surface area contributed by atoms with Gasteiger partial charge in [-0.15, -0.1) is 0 Å². The van der Waals surface area contributed by atoms with Gasteiger partial charge in [0.05, 0.1) is 38.6 Å². The van der Waals surface area contributed by atoms with Crippen molar-refractivity contribution in [2.75, 3.05) is 11.1 Å². The molecule has 0 bridgehead atoms. The molecule has 1 aliphatic carbocycles. The Labute approximate surface area is 218 Å². The first-order valence-corrected chi connectivity index (χ1v) is 11.1. The van der Waals surface area contributed by atoms with E-state index >= 15 is 0 Å². The molecule has 0 aromatic heterocycles. The maximum absolute atomic E-state index is 13.3. The molecule has 9 nitrogen and oxygen atoms in total. The summed E-state index contributed by atoms with van der Waals surface area (Å²) in [6.45, 7) is 0. The van der Waals surface area contributed by atoms with E-state index in [0.717, 1.165) is 6.07 Å². The number of carboxylic acid groups (broad SMARTS) is 1. The van der Waals surface area contributed by atoms with Crippen LogP contribution in [0.3, 0.4) is 0 Å². The molecular formula is C21H12BrN2NaO7S. The molecule has 0 aliphatic heterocycles. The smallest absolute Gasteiger partial charge is 0.744 e. The van der Waals surface area contributed by atoms with Crippen LogP contribution in [0.5, 0.6) is 0 Å². The van der Waals surface area contributed by atoms with Crippen molar-refractivity contribution in [3.63, 3.8) is 0 Å². The Morgan fingerprint density at radius 3 is 2.09 bits per heavy atom. The average Bonchev–Trinajstić information content (AvgIpc) is 2.73. The maximum atomic E-state index is 13.3. The normalized spacial score (nSPS) is 12.4. The van der Waals surface area contributed by atoms with Crippen LogP contribution in [0.15, 0.2) is 57.9 Å². The third-order valence-electron chi connectivity index (χ3n) is 4.95. The third-order valence-corrected chi connectivity index (χ3v) is 6.32. The molecule has 33 heavy (non-hydrogen) atoms. The van der Waals surface area contributed by atoms with E-state index in [9.17, 15) is 32.5 Å². The zero-order chi connectivity index (χ0) is 23.4. The number of rotatable bonds is 4. The molecule has 0 saturated heterocycles. The standard InChI is InChI=1S/C21H13BrN2O7S.Na/c22-9-5-6-13(12(7-9)21(27)28)24-14-8-15(32(29,30)31)18(23)17-16(14)19(25)10-3-1-2-4-11(10)20(17)26;/h1-8,24H,23H2,(H,27,28)(H,29,30,31);/q;+1/p-1. The average molecular weight is 539 g/mol. The van der Waals surface area contributed by atoms with Crippen LogP contribution >= 0.6 is 15.9 Å². The number of benzene rings is 3. The first kappa shape index (κ1) is 25.1. The van der Waals surface area contributed by atoms with Gasteiger partial charge in [-0.25, -0.2) is 13.2 Å². The van der Waals surface area contributed by atoms with Gasteiger partial charge in [-0.05, 0) is 24.3 Å². The Morgan fingerprint density at radius 2 is 1.55 bits per heavy atom. The molecule has 3 aromatic rings. The molecule has 4 rings (SSSR count). The zero-order valence-electron chi connectivity index (χ0n) is 16.9. The number of halogens is 1. The van der Waals surface area contributed by atoms with Crippen LogP contribution in [0.1, 0.15) is 42.2 Å². The van der Waals surface area contributed by atoms with Gasteiger partial charge >= 0.3 is 35.5 Å². The number of anilines is 3. The fourth-order valence-electron chi connectivity index (χ4n) is 3.55. The van der Waals surface area contributed by atoms with Crippen molar-refractivity contribution in [2.45, 2.75) is 4.90 Å². The number of carbonyl (C=O) groups is 3. The van der Waals surface area contributed by atoms with Gasteiger partial charge in [-0.2, -0.15) is 0 Å². The molecule has 4 N–H and O–H groups in total. The van der Waals surface area contributed by atoms with E-state index < -0.39 is 43.8 Å². The fourth-order valence-corrected chi connectivity index (χ4v) is 4.54. The molecule has 0 radical (unpaired) electrons. The zero-order valence-corrected chi connectivity index (χ0v) is 21.3. The number of nitrogen functional groups attached to an aromatic ring is 1. The van der Waals surface area contributed by atoms with Crippen LogP contribution in [-0.2, 0) is 10.1 Å². The van der Waals surface area contributed by atoms with Gasteiger partial charge in [0.2, 0.25) is 0 Å². The van der Waals surface area contributed by atoms with Gasteiger partial charge in [-0.3, -0.25) is 9.59 Å². The van der Waals surface area contributed by atoms with Crippen LogP contribution in [0.2, 0.25) is 0 Å². The molecule has 0 fully saturated rings. The van der Waals surface area contributed by atoms with Crippen molar-refractivity contribution in [3.05, 3.63) is 80.8 Å². The summed E-state index contributed by atoms with van der Waals surface area (Å²) < 4.78 is 36.0. The van der Waals surface area contributed by atoms with Crippen LogP contribution in [0.4, 0.5) is 17.1 Å². The van der Waals surface area contributed by atoms with Gasteiger partial charge in [0.15, 0.2) is 11.6 Å². The molecule has 0 atom stereocenters. The number of carboxylic acids is 1. The number of ketones is 2. The van der Waals surface area contributed by atoms with Crippen molar-refractivity contribution < 1.29 is 62.0 Å². The fraction of sp³-hybridized carbons (Fsp3) is 0. The summed E-state index contributed by atoms with van der Waals surface area (Å²) >= 11 is 3.17. The summed E-state index contributed by atoms with van der Waals surface area (Å²) in [6.07, 6.45) is 0. The van der Waals surface area contributed by atoms with E-state index in [1.807, 2.05) is 0 Å². The minimum atomic E-state index is -5.14. The van der Waals surface area contributed by atoms with E-state index in [4.69, 9.17) is 5.73 Å². The number of nitrogens with two attached hydrogens (primary N) is 1. The molecule has 1 aliphatic rings. The minimum absolute atomic E-state index is 0. The third kappa shape index (κ3) is 4.35. The maximum Gasteiger partial charge on any atom is 1.00 e. The Bertz CT molecular complexity index is 1470. The molecule has 0 saturated carbocycles. The second-order valence-corrected chi connectivity index (χ2v) is 9.13. The quantitative estimate of drug-likeness (QED) is 0.186. The van der Waals surface area contributed by atoms with Crippen LogP contribution in [0.25, 0.3) is 0 Å². The molecule has 0 spiro atoms. The molecule has 0 unspecified atom stereocenters. The summed E-state index contributed by atoms with van der Waals surface area (Å²) in [5.74, 6) is -2.66. The second kappa shape index (κ2) is 9.01. The monoisotopic (exact) mass is 538 g/mol. The number of hydrogen-bond donors (Lipinski definition) is 3. The van der Waals surface area contributed by atoms with Crippen molar-refractivity contribution in [3.8, 4) is 0 Å². The first-order chi connectivity index (χ1) is 15.0. The Morgan fingerprint density at radius 1 is 0.970 bits per heavy atom. The number of aromatic carboxylic acids is 1. The van der Waals surface area contributed by atoms with E-state index in [0.29, 0.717) is 4.47 Å². The number of fused-ring (bicyclic) bond motifs is 2. The van der Waals surface area contributed by atoms with Crippen LogP contribution < -0.4 is 40.6 Å². The van der Waals surface area contributed by atoms with E-state index in [-0.39, 0.29) is 63.2 Å². The Balaban J connectivity index is 0.00000306. The van der Waals surface area contributed by atoms with Crippen molar-refractivity contribution in [1.29, 1.82) is 0 Å². The Kier molecular flexibility index (Phi) is 6.85. The topological polar surface area (TPSA) is 167 Å². The predicted molar refractivity (Wildman–Crippen MR) is 117 cm³/mol. The molecular weight excluding hydrogens is 527 g/mol.